The summed E-state index contributed by atoms with van der Waals surface area (Å²) in [5.41, 5.74) is 0.407. The number of likely N-dealkylation sites (tertiary alicyclic amines) is 1. The van der Waals surface area contributed by atoms with E-state index in [0.29, 0.717) is 12.0 Å². The molecule has 1 aromatic heterocycles. The maximum absolute atomic E-state index is 10.4. The molecule has 2 heterocycles. The van der Waals surface area contributed by atoms with E-state index in [9.17, 15) is 5.11 Å². The highest BCUT2D eigenvalue weighted by Gasteiger charge is 2.23. The lowest BCUT2D eigenvalue weighted by molar-refractivity contribution is 0.105. The van der Waals surface area contributed by atoms with Crippen molar-refractivity contribution in [1.29, 1.82) is 0 Å². The molecule has 0 unspecified atom stereocenters. The molecule has 2 rings (SSSR count). The molecule has 0 aromatic carbocycles. The molecular weight excluding hydrogens is 284 g/mol. The summed E-state index contributed by atoms with van der Waals surface area (Å²) in [5.74, 6) is 6.90. The Labute approximate surface area is 141 Å². The molecule has 0 radical (unpaired) electrons. The van der Waals surface area contributed by atoms with Crippen molar-refractivity contribution < 1.29 is 5.11 Å². The molecule has 0 bridgehead atoms. The van der Waals surface area contributed by atoms with Crippen LogP contribution in [0.1, 0.15) is 64.5 Å². The number of rotatable bonds is 5. The molecular formula is C20H30N2O. The van der Waals surface area contributed by atoms with Crippen LogP contribution in [0.15, 0.2) is 24.5 Å². The van der Waals surface area contributed by atoms with Gasteiger partial charge in [0.1, 0.15) is 5.60 Å². The van der Waals surface area contributed by atoms with Crippen molar-refractivity contribution in [3.05, 3.63) is 30.1 Å². The van der Waals surface area contributed by atoms with Gasteiger partial charge in [0.15, 0.2) is 0 Å². The summed E-state index contributed by atoms with van der Waals surface area (Å²) in [7, 11) is 0. The lowest BCUT2D eigenvalue weighted by Gasteiger charge is -2.34. The molecule has 23 heavy (non-hydrogen) atoms. The van der Waals surface area contributed by atoms with E-state index in [0.717, 1.165) is 32.4 Å². The lowest BCUT2D eigenvalue weighted by atomic mass is 9.95. The van der Waals surface area contributed by atoms with Gasteiger partial charge < -0.3 is 5.11 Å². The zero-order valence-electron chi connectivity index (χ0n) is 14.8. The van der Waals surface area contributed by atoms with Crippen molar-refractivity contribution >= 4 is 0 Å². The van der Waals surface area contributed by atoms with Gasteiger partial charge in [0.05, 0.1) is 6.54 Å². The monoisotopic (exact) mass is 314 g/mol. The maximum atomic E-state index is 10.4. The van der Waals surface area contributed by atoms with Gasteiger partial charge in [0, 0.05) is 18.4 Å². The summed E-state index contributed by atoms with van der Waals surface area (Å²) < 4.78 is 0. The Hall–Kier alpha value is -1.37. The van der Waals surface area contributed by atoms with Gasteiger partial charge in [-0.3, -0.25) is 9.88 Å². The largest absolute Gasteiger partial charge is 0.378 e. The first-order valence-corrected chi connectivity index (χ1v) is 8.84. The van der Waals surface area contributed by atoms with Crippen LogP contribution in [0.5, 0.6) is 0 Å². The normalized spacial score (nSPS) is 21.5. The van der Waals surface area contributed by atoms with E-state index in [2.05, 4.69) is 41.6 Å². The van der Waals surface area contributed by atoms with Crippen LogP contribution >= 0.6 is 0 Å². The van der Waals surface area contributed by atoms with E-state index in [-0.39, 0.29) is 0 Å². The molecule has 0 spiro atoms. The van der Waals surface area contributed by atoms with Gasteiger partial charge in [0.25, 0.3) is 0 Å². The van der Waals surface area contributed by atoms with Crippen LogP contribution in [0.3, 0.4) is 0 Å². The predicted octanol–water partition coefficient (Wildman–Crippen LogP) is 3.80. The molecule has 1 aliphatic rings. The summed E-state index contributed by atoms with van der Waals surface area (Å²) in [6.07, 6.45) is 9.18. The minimum absolute atomic E-state index is 0.410. The van der Waals surface area contributed by atoms with E-state index in [1.165, 1.54) is 18.4 Å². The molecule has 3 heteroatoms. The molecule has 1 fully saturated rings. The predicted molar refractivity (Wildman–Crippen MR) is 94.9 cm³/mol. The third-order valence-corrected chi connectivity index (χ3v) is 4.53. The summed E-state index contributed by atoms with van der Waals surface area (Å²) in [4.78, 5) is 6.67. The van der Waals surface area contributed by atoms with Crippen LogP contribution in [0.25, 0.3) is 0 Å². The second kappa shape index (κ2) is 8.47. The molecule has 3 nitrogen and oxygen atoms in total. The number of nitrogens with zero attached hydrogens (tertiary/aromatic N) is 2. The fourth-order valence-corrected chi connectivity index (χ4v) is 3.09. The van der Waals surface area contributed by atoms with Crippen LogP contribution in [0.2, 0.25) is 0 Å². The lowest BCUT2D eigenvalue weighted by Crippen LogP contribution is -2.34. The Kier molecular flexibility index (Phi) is 6.62. The third-order valence-electron chi connectivity index (χ3n) is 4.53. The molecule has 126 valence electrons. The third kappa shape index (κ3) is 5.97. The maximum Gasteiger partial charge on any atom is 0.122 e. The van der Waals surface area contributed by atoms with Crippen LogP contribution in [0, 0.1) is 17.8 Å². The van der Waals surface area contributed by atoms with Crippen molar-refractivity contribution in [1.82, 2.24) is 9.88 Å². The van der Waals surface area contributed by atoms with Gasteiger partial charge in [-0.1, -0.05) is 38.2 Å². The van der Waals surface area contributed by atoms with Gasteiger partial charge in [-0.05, 0) is 56.7 Å². The molecule has 1 N–H and O–H groups in total. The summed E-state index contributed by atoms with van der Waals surface area (Å²) in [6.45, 7) is 7.97. The molecule has 1 saturated heterocycles. The first-order valence-electron chi connectivity index (χ1n) is 8.84. The SMILES string of the molecule is CC(C)CC[C@@](C)(O)C#CCN1CCCC[C@H]1c1cccnc1. The van der Waals surface area contributed by atoms with E-state index in [4.69, 9.17) is 0 Å². The molecule has 2 atom stereocenters. The molecule has 0 saturated carbocycles. The van der Waals surface area contributed by atoms with Crippen LogP contribution in [-0.2, 0) is 0 Å². The smallest absolute Gasteiger partial charge is 0.122 e. The Balaban J connectivity index is 1.96. The molecule has 0 amide bonds. The minimum Gasteiger partial charge on any atom is -0.378 e. The highest BCUT2D eigenvalue weighted by molar-refractivity contribution is 5.17. The Morgan fingerprint density at radius 3 is 2.96 bits per heavy atom. The molecule has 1 aromatic rings. The van der Waals surface area contributed by atoms with E-state index < -0.39 is 5.60 Å². The molecule has 1 aliphatic heterocycles. The number of piperidine rings is 1. The highest BCUT2D eigenvalue weighted by Crippen LogP contribution is 2.29. The standard InChI is InChI=1S/C20H30N2O/c1-17(2)10-12-20(3,23)11-7-15-22-14-5-4-9-19(22)18-8-6-13-21-16-18/h6,8,13,16-17,19,23H,4-5,9-10,12,14-15H2,1-3H3/t19-,20-/m0/s1. The number of aliphatic hydroxyl groups is 1. The van der Waals surface area contributed by atoms with Crippen LogP contribution < -0.4 is 0 Å². The van der Waals surface area contributed by atoms with E-state index >= 15 is 0 Å². The van der Waals surface area contributed by atoms with Gasteiger partial charge in [-0.2, -0.15) is 0 Å². The second-order valence-electron chi connectivity index (χ2n) is 7.28. The summed E-state index contributed by atoms with van der Waals surface area (Å²) in [5, 5.41) is 10.4. The summed E-state index contributed by atoms with van der Waals surface area (Å²) >= 11 is 0. The van der Waals surface area contributed by atoms with Crippen molar-refractivity contribution in [2.45, 2.75) is 64.5 Å². The van der Waals surface area contributed by atoms with E-state index in [1.807, 2.05) is 25.4 Å². The molecule has 0 aliphatic carbocycles. The van der Waals surface area contributed by atoms with Gasteiger partial charge in [-0.25, -0.2) is 0 Å². The quantitative estimate of drug-likeness (QED) is 0.840. The van der Waals surface area contributed by atoms with Crippen LogP contribution in [-0.4, -0.2) is 33.7 Å². The average molecular weight is 314 g/mol. The zero-order chi connectivity index (χ0) is 16.7. The Morgan fingerprint density at radius 1 is 1.43 bits per heavy atom. The minimum atomic E-state index is -0.871. The topological polar surface area (TPSA) is 36.4 Å². The van der Waals surface area contributed by atoms with E-state index in [1.54, 1.807) is 0 Å². The van der Waals surface area contributed by atoms with Gasteiger partial charge in [-0.15, -0.1) is 0 Å². The summed E-state index contributed by atoms with van der Waals surface area (Å²) in [6, 6.07) is 4.57. The Bertz CT molecular complexity index is 528. The number of pyridine rings is 1. The zero-order valence-corrected chi connectivity index (χ0v) is 14.8. The average Bonchev–Trinajstić information content (AvgIpc) is 2.54. The number of aromatic nitrogens is 1. The first-order chi connectivity index (χ1) is 11.0. The van der Waals surface area contributed by atoms with Crippen molar-refractivity contribution in [3.8, 4) is 11.8 Å². The van der Waals surface area contributed by atoms with Crippen molar-refractivity contribution in [2.75, 3.05) is 13.1 Å². The fourth-order valence-electron chi connectivity index (χ4n) is 3.09. The van der Waals surface area contributed by atoms with Crippen LogP contribution in [0.4, 0.5) is 0 Å². The fraction of sp³-hybridized carbons (Fsp3) is 0.650. The van der Waals surface area contributed by atoms with Crippen molar-refractivity contribution in [3.63, 3.8) is 0 Å². The first kappa shape index (κ1) is 18.0. The highest BCUT2D eigenvalue weighted by atomic mass is 16.3. The van der Waals surface area contributed by atoms with Crippen molar-refractivity contribution in [2.24, 2.45) is 5.92 Å². The Morgan fingerprint density at radius 2 is 2.26 bits per heavy atom. The second-order valence-corrected chi connectivity index (χ2v) is 7.28. The number of hydrogen-bond acceptors (Lipinski definition) is 3. The van der Waals surface area contributed by atoms with Gasteiger partial charge in [0.2, 0.25) is 0 Å². The van der Waals surface area contributed by atoms with Gasteiger partial charge >= 0.3 is 0 Å². The number of hydrogen-bond donors (Lipinski definition) is 1.